The summed E-state index contributed by atoms with van der Waals surface area (Å²) in [6, 6.07) is 8.26. The van der Waals surface area contributed by atoms with Crippen LogP contribution in [0.5, 0.6) is 0 Å². The minimum Gasteiger partial charge on any atom is -0.372 e. The number of hydrogen-bond donors (Lipinski definition) is 1. The van der Waals surface area contributed by atoms with Crippen molar-refractivity contribution in [2.45, 2.75) is 13.8 Å². The summed E-state index contributed by atoms with van der Waals surface area (Å²) >= 11 is 0. The summed E-state index contributed by atoms with van der Waals surface area (Å²) in [6.45, 7) is 6.31. The number of nitrogens with one attached hydrogen (secondary N) is 1. The molecule has 0 fully saturated rings. The Labute approximate surface area is 96.8 Å². The number of carbonyl (C=O) groups is 1. The molecule has 0 atom stereocenters. The van der Waals surface area contributed by atoms with Gasteiger partial charge in [-0.3, -0.25) is 4.79 Å². The summed E-state index contributed by atoms with van der Waals surface area (Å²) in [5, 5.41) is 2.48. The van der Waals surface area contributed by atoms with Crippen LogP contribution >= 0.6 is 0 Å². The second-order valence-electron chi connectivity index (χ2n) is 3.38. The van der Waals surface area contributed by atoms with Crippen LogP contribution in [0.2, 0.25) is 0 Å². The molecule has 0 heterocycles. The zero-order valence-electron chi connectivity index (χ0n) is 9.81. The Balaban J connectivity index is 2.70. The number of hydrogen-bond acceptors (Lipinski definition) is 2. The Bertz CT molecular complexity index is 339. The molecule has 1 aromatic carbocycles. The van der Waals surface area contributed by atoms with E-state index in [1.807, 2.05) is 18.2 Å². The predicted molar refractivity (Wildman–Crippen MR) is 68.2 cm³/mol. The summed E-state index contributed by atoms with van der Waals surface area (Å²) in [7, 11) is 0. The maximum atomic E-state index is 10.0. The van der Waals surface area contributed by atoms with Crippen molar-refractivity contribution in [1.82, 2.24) is 5.32 Å². The number of amides is 1. The van der Waals surface area contributed by atoms with Crippen LogP contribution in [-0.4, -0.2) is 19.5 Å². The van der Waals surface area contributed by atoms with Gasteiger partial charge in [0.25, 0.3) is 0 Å². The van der Waals surface area contributed by atoms with Gasteiger partial charge in [0.1, 0.15) is 0 Å². The first-order valence-corrected chi connectivity index (χ1v) is 5.53. The number of benzene rings is 1. The number of anilines is 1. The van der Waals surface area contributed by atoms with Crippen LogP contribution in [0.1, 0.15) is 19.4 Å². The number of rotatable bonds is 6. The molecular weight excluding hydrogens is 200 g/mol. The lowest BCUT2D eigenvalue weighted by Gasteiger charge is -2.20. The van der Waals surface area contributed by atoms with Gasteiger partial charge in [-0.25, -0.2) is 0 Å². The molecule has 0 saturated heterocycles. The average Bonchev–Trinajstić information content (AvgIpc) is 2.33. The monoisotopic (exact) mass is 218 g/mol. The van der Waals surface area contributed by atoms with E-state index in [9.17, 15) is 4.79 Å². The van der Waals surface area contributed by atoms with Crippen molar-refractivity contribution in [1.29, 1.82) is 0 Å². The van der Waals surface area contributed by atoms with Gasteiger partial charge in [0.05, 0.1) is 0 Å². The molecule has 0 bridgehead atoms. The Morgan fingerprint density at radius 3 is 2.31 bits per heavy atom. The smallest absolute Gasteiger partial charge is 0.211 e. The molecule has 0 spiro atoms. The average molecular weight is 218 g/mol. The molecule has 1 N–H and O–H groups in total. The fourth-order valence-corrected chi connectivity index (χ4v) is 1.57. The maximum Gasteiger partial charge on any atom is 0.211 e. The lowest BCUT2D eigenvalue weighted by molar-refractivity contribution is -0.108. The highest BCUT2D eigenvalue weighted by atomic mass is 16.1. The van der Waals surface area contributed by atoms with Crippen molar-refractivity contribution >= 4 is 18.2 Å². The summed E-state index contributed by atoms with van der Waals surface area (Å²) in [6.07, 6.45) is 4.14. The van der Waals surface area contributed by atoms with Gasteiger partial charge in [0.15, 0.2) is 0 Å². The van der Waals surface area contributed by atoms with Gasteiger partial charge in [-0.1, -0.05) is 12.1 Å². The van der Waals surface area contributed by atoms with Crippen LogP contribution in [-0.2, 0) is 4.79 Å². The van der Waals surface area contributed by atoms with E-state index in [2.05, 4.69) is 36.2 Å². The van der Waals surface area contributed by atoms with Crippen molar-refractivity contribution in [2.75, 3.05) is 18.0 Å². The molecule has 1 rings (SSSR count). The fourth-order valence-electron chi connectivity index (χ4n) is 1.57. The molecule has 16 heavy (non-hydrogen) atoms. The van der Waals surface area contributed by atoms with Crippen LogP contribution in [0.3, 0.4) is 0 Å². The summed E-state index contributed by atoms with van der Waals surface area (Å²) in [5.41, 5.74) is 2.30. The molecule has 3 nitrogen and oxygen atoms in total. The van der Waals surface area contributed by atoms with E-state index in [0.29, 0.717) is 6.41 Å². The molecule has 3 heteroatoms. The van der Waals surface area contributed by atoms with Gasteiger partial charge >= 0.3 is 0 Å². The Morgan fingerprint density at radius 2 is 1.81 bits per heavy atom. The standard InChI is InChI=1S/C13H18N2O/c1-3-15(4-2)13-7-5-12(6-8-13)9-10-14-11-16/h5-11H,3-4H2,1-2H3,(H,14,16)/b10-9+. The van der Waals surface area contributed by atoms with Crippen molar-refractivity contribution in [3.05, 3.63) is 36.0 Å². The van der Waals surface area contributed by atoms with Crippen LogP contribution in [0.15, 0.2) is 30.5 Å². The summed E-state index contributed by atoms with van der Waals surface area (Å²) < 4.78 is 0. The summed E-state index contributed by atoms with van der Waals surface area (Å²) in [5.74, 6) is 0. The molecule has 0 aliphatic rings. The highest BCUT2D eigenvalue weighted by molar-refractivity contribution is 5.58. The van der Waals surface area contributed by atoms with E-state index in [-0.39, 0.29) is 0 Å². The van der Waals surface area contributed by atoms with E-state index in [1.54, 1.807) is 6.20 Å². The Hall–Kier alpha value is -1.77. The minimum atomic E-state index is 0.654. The van der Waals surface area contributed by atoms with Crippen molar-refractivity contribution in [2.24, 2.45) is 0 Å². The zero-order chi connectivity index (χ0) is 11.8. The molecule has 0 aromatic heterocycles. The van der Waals surface area contributed by atoms with Crippen molar-refractivity contribution < 1.29 is 4.79 Å². The van der Waals surface area contributed by atoms with Crippen LogP contribution < -0.4 is 10.2 Å². The summed E-state index contributed by atoms with van der Waals surface area (Å²) in [4.78, 5) is 12.3. The van der Waals surface area contributed by atoms with E-state index >= 15 is 0 Å². The molecule has 86 valence electrons. The van der Waals surface area contributed by atoms with Crippen molar-refractivity contribution in [3.63, 3.8) is 0 Å². The zero-order valence-corrected chi connectivity index (χ0v) is 9.81. The lowest BCUT2D eigenvalue weighted by atomic mass is 10.2. The second kappa shape index (κ2) is 6.67. The molecule has 0 aliphatic heterocycles. The van der Waals surface area contributed by atoms with Gasteiger partial charge in [-0.15, -0.1) is 0 Å². The SMILES string of the molecule is CCN(CC)c1ccc(/C=C/NC=O)cc1. The lowest BCUT2D eigenvalue weighted by Crippen LogP contribution is -2.21. The van der Waals surface area contributed by atoms with Crippen LogP contribution in [0.25, 0.3) is 6.08 Å². The first-order chi connectivity index (χ1) is 7.81. The third-order valence-corrected chi connectivity index (χ3v) is 2.46. The second-order valence-corrected chi connectivity index (χ2v) is 3.38. The van der Waals surface area contributed by atoms with E-state index in [4.69, 9.17) is 0 Å². The van der Waals surface area contributed by atoms with E-state index in [1.165, 1.54) is 5.69 Å². The first-order valence-electron chi connectivity index (χ1n) is 5.53. The van der Waals surface area contributed by atoms with E-state index in [0.717, 1.165) is 18.7 Å². The molecular formula is C13H18N2O. The molecule has 0 saturated carbocycles. The van der Waals surface area contributed by atoms with Gasteiger partial charge < -0.3 is 10.2 Å². The molecule has 1 aromatic rings. The molecule has 1 amide bonds. The van der Waals surface area contributed by atoms with Gasteiger partial charge in [-0.05, 0) is 37.6 Å². The Morgan fingerprint density at radius 1 is 1.19 bits per heavy atom. The van der Waals surface area contributed by atoms with Gasteiger partial charge in [0.2, 0.25) is 6.41 Å². The molecule has 0 radical (unpaired) electrons. The highest BCUT2D eigenvalue weighted by Crippen LogP contribution is 2.15. The number of carbonyl (C=O) groups excluding carboxylic acids is 1. The normalized spacial score (nSPS) is 10.4. The highest BCUT2D eigenvalue weighted by Gasteiger charge is 1.99. The van der Waals surface area contributed by atoms with Crippen molar-refractivity contribution in [3.8, 4) is 0 Å². The molecule has 0 unspecified atom stereocenters. The first kappa shape index (κ1) is 12.3. The minimum absolute atomic E-state index is 0.654. The van der Waals surface area contributed by atoms with Gasteiger partial charge in [0, 0.05) is 25.0 Å². The predicted octanol–water partition coefficient (Wildman–Crippen LogP) is 2.25. The van der Waals surface area contributed by atoms with E-state index < -0.39 is 0 Å². The largest absolute Gasteiger partial charge is 0.372 e. The molecule has 0 aliphatic carbocycles. The van der Waals surface area contributed by atoms with Gasteiger partial charge in [-0.2, -0.15) is 0 Å². The maximum absolute atomic E-state index is 10.0. The number of nitrogens with zero attached hydrogens (tertiary/aromatic N) is 1. The third-order valence-electron chi connectivity index (χ3n) is 2.46. The third kappa shape index (κ3) is 3.42. The Kier molecular flexibility index (Phi) is 5.12. The fraction of sp³-hybridized carbons (Fsp3) is 0.308. The topological polar surface area (TPSA) is 32.3 Å². The quantitative estimate of drug-likeness (QED) is 0.743. The van der Waals surface area contributed by atoms with Crippen LogP contribution in [0.4, 0.5) is 5.69 Å². The van der Waals surface area contributed by atoms with Crippen LogP contribution in [0, 0.1) is 0 Å².